The van der Waals surface area contributed by atoms with Crippen LogP contribution in [0.1, 0.15) is 6.42 Å². The molecule has 0 fully saturated rings. The van der Waals surface area contributed by atoms with E-state index in [0.29, 0.717) is 19.5 Å². The summed E-state index contributed by atoms with van der Waals surface area (Å²) >= 11 is 0. The maximum atomic E-state index is 10.5. The van der Waals surface area contributed by atoms with Crippen LogP contribution >= 0.6 is 0 Å². The number of ether oxygens (including phenoxy) is 1. The largest absolute Gasteiger partial charge is 0.391 e. The summed E-state index contributed by atoms with van der Waals surface area (Å²) in [5.74, 6) is 0. The van der Waals surface area contributed by atoms with Crippen molar-refractivity contribution in [3.05, 3.63) is 22.5 Å². The average molecular weight is 288 g/mol. The van der Waals surface area contributed by atoms with Crippen LogP contribution in [0.3, 0.4) is 0 Å². The summed E-state index contributed by atoms with van der Waals surface area (Å²) in [6, 6.07) is 0. The topological polar surface area (TPSA) is 123 Å². The van der Waals surface area contributed by atoms with Crippen LogP contribution in [-0.4, -0.2) is 63.9 Å². The van der Waals surface area contributed by atoms with Gasteiger partial charge in [0.25, 0.3) is 0 Å². The molecule has 2 unspecified atom stereocenters. The number of methoxy groups -OCH3 is 1. The number of nitrogens with one attached hydrogen (secondary N) is 1. The Bertz CT molecular complexity index is 411. The predicted molar refractivity (Wildman–Crippen MR) is 70.3 cm³/mol. The molecule has 0 aliphatic carbocycles. The Morgan fingerprint density at radius 2 is 2.30 bits per heavy atom. The molecule has 0 saturated heterocycles. The van der Waals surface area contributed by atoms with E-state index in [1.807, 2.05) is 0 Å². The quantitative estimate of drug-likeness (QED) is 0.291. The van der Waals surface area contributed by atoms with Crippen molar-refractivity contribution in [1.82, 2.24) is 15.1 Å². The van der Waals surface area contributed by atoms with Gasteiger partial charge in [-0.3, -0.25) is 14.8 Å². The highest BCUT2D eigenvalue weighted by Crippen LogP contribution is 2.07. The Morgan fingerprint density at radius 3 is 2.90 bits per heavy atom. The number of aliphatic hydroxyl groups is 2. The Morgan fingerprint density at radius 1 is 1.55 bits per heavy atom. The van der Waals surface area contributed by atoms with E-state index in [2.05, 4.69) is 10.4 Å². The molecular formula is C11H20N4O5. The molecule has 0 aliphatic rings. The highest BCUT2D eigenvalue weighted by atomic mass is 16.6. The van der Waals surface area contributed by atoms with E-state index < -0.39 is 17.1 Å². The van der Waals surface area contributed by atoms with E-state index in [0.717, 1.165) is 6.20 Å². The van der Waals surface area contributed by atoms with Gasteiger partial charge in [0.05, 0.1) is 30.3 Å². The third-order valence-corrected chi connectivity index (χ3v) is 2.62. The first kappa shape index (κ1) is 16.5. The molecule has 9 nitrogen and oxygen atoms in total. The first-order chi connectivity index (χ1) is 9.52. The average Bonchev–Trinajstić information content (AvgIpc) is 2.83. The van der Waals surface area contributed by atoms with Gasteiger partial charge in [-0.15, -0.1) is 0 Å². The molecule has 0 saturated carbocycles. The number of hydrogen-bond donors (Lipinski definition) is 3. The maximum Gasteiger partial charge on any atom is 0.306 e. The lowest BCUT2D eigenvalue weighted by Gasteiger charge is -2.13. The Hall–Kier alpha value is -1.55. The minimum Gasteiger partial charge on any atom is -0.391 e. The predicted octanol–water partition coefficient (Wildman–Crippen LogP) is -0.861. The molecule has 1 aromatic rings. The van der Waals surface area contributed by atoms with E-state index in [4.69, 9.17) is 4.74 Å². The van der Waals surface area contributed by atoms with Crippen molar-refractivity contribution in [2.45, 2.75) is 25.2 Å². The van der Waals surface area contributed by atoms with Crippen molar-refractivity contribution in [2.75, 3.05) is 26.8 Å². The van der Waals surface area contributed by atoms with Gasteiger partial charge in [-0.1, -0.05) is 0 Å². The Labute approximate surface area is 116 Å². The van der Waals surface area contributed by atoms with Gasteiger partial charge >= 0.3 is 5.69 Å². The zero-order valence-electron chi connectivity index (χ0n) is 11.3. The van der Waals surface area contributed by atoms with Crippen molar-refractivity contribution in [3.63, 3.8) is 0 Å². The molecule has 0 aromatic carbocycles. The zero-order chi connectivity index (χ0) is 15.0. The molecule has 1 aromatic heterocycles. The van der Waals surface area contributed by atoms with Crippen molar-refractivity contribution in [3.8, 4) is 0 Å². The molecular weight excluding hydrogens is 268 g/mol. The van der Waals surface area contributed by atoms with Gasteiger partial charge in [-0.2, -0.15) is 5.10 Å². The van der Waals surface area contributed by atoms with Crippen LogP contribution in [0.2, 0.25) is 0 Å². The second kappa shape index (κ2) is 8.59. The molecule has 9 heteroatoms. The minimum absolute atomic E-state index is 0.104. The summed E-state index contributed by atoms with van der Waals surface area (Å²) in [5.41, 5.74) is -0.104. The fourth-order valence-electron chi connectivity index (χ4n) is 1.64. The minimum atomic E-state index is -0.714. The van der Waals surface area contributed by atoms with Gasteiger partial charge in [0, 0.05) is 13.7 Å². The van der Waals surface area contributed by atoms with E-state index in [-0.39, 0.29) is 18.8 Å². The third-order valence-electron chi connectivity index (χ3n) is 2.62. The summed E-state index contributed by atoms with van der Waals surface area (Å²) in [6.45, 7) is 1.30. The smallest absolute Gasteiger partial charge is 0.306 e. The van der Waals surface area contributed by atoms with E-state index in [1.54, 1.807) is 0 Å². The fourth-order valence-corrected chi connectivity index (χ4v) is 1.64. The standard InChI is InChI=1S/C11H20N4O5/c1-20-8-10(16)2-3-12-5-11(17)7-14-6-9(4-13-14)15(18)19/h4,6,10-12,16-17H,2-3,5,7-8H2,1H3. The molecule has 3 N–H and O–H groups in total. The monoisotopic (exact) mass is 288 g/mol. The second-order valence-electron chi connectivity index (χ2n) is 4.43. The second-order valence-corrected chi connectivity index (χ2v) is 4.43. The Kier molecular flexibility index (Phi) is 7.09. The number of nitrogens with zero attached hydrogens (tertiary/aromatic N) is 3. The molecule has 114 valence electrons. The summed E-state index contributed by atoms with van der Waals surface area (Å²) in [7, 11) is 1.52. The highest BCUT2D eigenvalue weighted by molar-refractivity contribution is 5.20. The zero-order valence-corrected chi connectivity index (χ0v) is 11.3. The van der Waals surface area contributed by atoms with Crippen molar-refractivity contribution in [1.29, 1.82) is 0 Å². The van der Waals surface area contributed by atoms with Crippen LogP contribution in [0, 0.1) is 10.1 Å². The third kappa shape index (κ3) is 6.06. The Balaban J connectivity index is 2.19. The molecule has 0 bridgehead atoms. The number of aliphatic hydroxyl groups excluding tert-OH is 2. The summed E-state index contributed by atoms with van der Waals surface area (Å²) in [6.07, 6.45) is 1.69. The van der Waals surface area contributed by atoms with Crippen LogP contribution in [-0.2, 0) is 11.3 Å². The van der Waals surface area contributed by atoms with Crippen molar-refractivity contribution in [2.24, 2.45) is 0 Å². The lowest BCUT2D eigenvalue weighted by atomic mass is 10.2. The van der Waals surface area contributed by atoms with Gasteiger partial charge < -0.3 is 20.3 Å². The van der Waals surface area contributed by atoms with Gasteiger partial charge in [-0.25, -0.2) is 0 Å². The summed E-state index contributed by atoms with van der Waals surface area (Å²) in [4.78, 5) is 9.94. The summed E-state index contributed by atoms with van der Waals surface area (Å²) in [5, 5.41) is 36.4. The molecule has 2 atom stereocenters. The van der Waals surface area contributed by atoms with Gasteiger partial charge in [-0.05, 0) is 13.0 Å². The number of aromatic nitrogens is 2. The molecule has 0 aliphatic heterocycles. The van der Waals surface area contributed by atoms with Gasteiger partial charge in [0.1, 0.15) is 12.4 Å². The molecule has 0 radical (unpaired) electrons. The molecule has 20 heavy (non-hydrogen) atoms. The van der Waals surface area contributed by atoms with Crippen molar-refractivity contribution < 1.29 is 19.9 Å². The van der Waals surface area contributed by atoms with Crippen LogP contribution in [0.4, 0.5) is 5.69 Å². The van der Waals surface area contributed by atoms with Crippen LogP contribution in [0.5, 0.6) is 0 Å². The maximum absolute atomic E-state index is 10.5. The molecule has 1 rings (SSSR count). The number of hydrogen-bond acceptors (Lipinski definition) is 7. The lowest BCUT2D eigenvalue weighted by molar-refractivity contribution is -0.385. The van der Waals surface area contributed by atoms with E-state index in [1.165, 1.54) is 18.0 Å². The number of nitro groups is 1. The van der Waals surface area contributed by atoms with E-state index >= 15 is 0 Å². The normalized spacial score (nSPS) is 14.2. The highest BCUT2D eigenvalue weighted by Gasteiger charge is 2.11. The van der Waals surface area contributed by atoms with Crippen molar-refractivity contribution >= 4 is 5.69 Å². The fraction of sp³-hybridized carbons (Fsp3) is 0.727. The first-order valence-corrected chi connectivity index (χ1v) is 6.25. The molecule has 1 heterocycles. The van der Waals surface area contributed by atoms with Crippen LogP contribution in [0.15, 0.2) is 12.4 Å². The van der Waals surface area contributed by atoms with Gasteiger partial charge in [0.15, 0.2) is 0 Å². The molecule has 0 spiro atoms. The van der Waals surface area contributed by atoms with E-state index in [9.17, 15) is 20.3 Å². The number of rotatable bonds is 10. The summed E-state index contributed by atoms with van der Waals surface area (Å²) < 4.78 is 6.11. The lowest BCUT2D eigenvalue weighted by Crippen LogP contribution is -2.32. The van der Waals surface area contributed by atoms with Gasteiger partial charge in [0.2, 0.25) is 0 Å². The van der Waals surface area contributed by atoms with Crippen LogP contribution < -0.4 is 5.32 Å². The SMILES string of the molecule is COCC(O)CCNCC(O)Cn1cc([N+](=O)[O-])cn1. The molecule has 0 amide bonds. The first-order valence-electron chi connectivity index (χ1n) is 6.25. The van der Waals surface area contributed by atoms with Crippen LogP contribution in [0.25, 0.3) is 0 Å².